The number of nitrogens with two attached hydrogens (primary N) is 3. The number of nitrogens with one attached hydrogen (secondary N) is 1. The number of hydrogen-bond acceptors (Lipinski definition) is 14. The SMILES string of the molecule is CC(=O)N[C@H]1C[C@@H](N)[C@H](O)[C@@H](O[C@@H]2O[C@H](CO)[C@@H](O)[C@H]2O)[C@@H]1O[C@H]1O[C@H](CN)[C@@H](O)[C@H](O)[C@H]1N. The smallest absolute Gasteiger partial charge is 0.217 e. The zero-order valence-electron chi connectivity index (χ0n) is 18.7. The van der Waals surface area contributed by atoms with Crippen LogP contribution >= 0.6 is 0 Å². The normalized spacial score (nSPS) is 49.7. The van der Waals surface area contributed by atoms with Gasteiger partial charge < -0.3 is 72.1 Å². The minimum absolute atomic E-state index is 0.0642. The molecule has 0 unspecified atom stereocenters. The lowest BCUT2D eigenvalue weighted by molar-refractivity contribution is -0.307. The molecule has 0 aromatic carbocycles. The van der Waals surface area contributed by atoms with Gasteiger partial charge >= 0.3 is 0 Å². The van der Waals surface area contributed by atoms with Crippen LogP contribution in [0.15, 0.2) is 0 Å². The van der Waals surface area contributed by atoms with Crippen LogP contribution in [0.25, 0.3) is 0 Å². The van der Waals surface area contributed by atoms with Crippen LogP contribution in [-0.4, -0.2) is 135 Å². The molecule has 2 saturated heterocycles. The van der Waals surface area contributed by atoms with E-state index in [-0.39, 0.29) is 13.0 Å². The molecule has 3 fully saturated rings. The lowest BCUT2D eigenvalue weighted by Crippen LogP contribution is -2.69. The van der Waals surface area contributed by atoms with Gasteiger partial charge in [0.1, 0.15) is 48.8 Å². The predicted molar refractivity (Wildman–Crippen MR) is 111 cm³/mol. The molecule has 3 aliphatic rings. The largest absolute Gasteiger partial charge is 0.394 e. The number of amides is 1. The lowest BCUT2D eigenvalue weighted by Gasteiger charge is -2.48. The van der Waals surface area contributed by atoms with Crippen molar-refractivity contribution in [2.75, 3.05) is 13.2 Å². The molecule has 3 rings (SSSR count). The highest BCUT2D eigenvalue weighted by molar-refractivity contribution is 5.73. The van der Waals surface area contributed by atoms with Crippen LogP contribution in [0, 0.1) is 0 Å². The van der Waals surface area contributed by atoms with E-state index in [2.05, 4.69) is 5.32 Å². The van der Waals surface area contributed by atoms with Gasteiger partial charge in [-0.25, -0.2) is 0 Å². The second kappa shape index (κ2) is 11.3. The van der Waals surface area contributed by atoms with Crippen molar-refractivity contribution in [3.05, 3.63) is 0 Å². The Morgan fingerprint density at radius 1 is 0.912 bits per heavy atom. The van der Waals surface area contributed by atoms with Crippen molar-refractivity contribution in [2.24, 2.45) is 17.2 Å². The van der Waals surface area contributed by atoms with E-state index in [1.807, 2.05) is 0 Å². The van der Waals surface area contributed by atoms with Gasteiger partial charge in [-0.3, -0.25) is 4.79 Å². The monoisotopic (exact) mass is 496 g/mol. The third-order valence-electron chi connectivity index (χ3n) is 6.47. The summed E-state index contributed by atoms with van der Waals surface area (Å²) in [5.41, 5.74) is 17.7. The minimum atomic E-state index is -1.56. The standard InChI is InChI=1S/C19H36N4O11/c1-5(25)23-7-2-6(21)11(26)17(34-19-15(30)13(28)9(4-24)32-19)16(7)33-18-10(22)14(29)12(27)8(3-20)31-18/h6-19,24,26-30H,2-4,20-22H2,1H3,(H,23,25)/t6-,7+,8-,9-,10-,11+,12-,13-,14-,15-,16-,17-,18-,19+/m1/s1. The first-order valence-corrected chi connectivity index (χ1v) is 11.1. The summed E-state index contributed by atoms with van der Waals surface area (Å²) >= 11 is 0. The van der Waals surface area contributed by atoms with Crippen molar-refractivity contribution >= 4 is 5.91 Å². The third-order valence-corrected chi connectivity index (χ3v) is 6.47. The molecular formula is C19H36N4O11. The molecule has 0 radical (unpaired) electrons. The summed E-state index contributed by atoms with van der Waals surface area (Å²) in [5.74, 6) is -0.432. The zero-order chi connectivity index (χ0) is 25.3. The fourth-order valence-corrected chi connectivity index (χ4v) is 4.52. The van der Waals surface area contributed by atoms with E-state index in [0.29, 0.717) is 0 Å². The minimum Gasteiger partial charge on any atom is -0.394 e. The van der Waals surface area contributed by atoms with Gasteiger partial charge in [0.25, 0.3) is 0 Å². The van der Waals surface area contributed by atoms with Gasteiger partial charge in [0.2, 0.25) is 5.91 Å². The number of rotatable bonds is 7. The molecule has 1 saturated carbocycles. The Morgan fingerprint density at radius 3 is 2.06 bits per heavy atom. The summed E-state index contributed by atoms with van der Waals surface area (Å²) < 4.78 is 22.7. The quantitative estimate of drug-likeness (QED) is 0.157. The first kappa shape index (κ1) is 27.5. The molecular weight excluding hydrogens is 460 g/mol. The molecule has 14 atom stereocenters. The summed E-state index contributed by atoms with van der Waals surface area (Å²) in [4.78, 5) is 11.8. The van der Waals surface area contributed by atoms with Crippen molar-refractivity contribution < 1.29 is 54.4 Å². The molecule has 15 heteroatoms. The first-order valence-electron chi connectivity index (χ1n) is 11.1. The van der Waals surface area contributed by atoms with E-state index in [4.69, 9.17) is 36.1 Å². The molecule has 1 amide bonds. The van der Waals surface area contributed by atoms with E-state index >= 15 is 0 Å². The fraction of sp³-hybridized carbons (Fsp3) is 0.947. The van der Waals surface area contributed by atoms with Crippen LogP contribution in [0.3, 0.4) is 0 Å². The lowest BCUT2D eigenvalue weighted by atomic mass is 9.83. The van der Waals surface area contributed by atoms with Crippen molar-refractivity contribution in [1.29, 1.82) is 0 Å². The molecule has 2 aliphatic heterocycles. The zero-order valence-corrected chi connectivity index (χ0v) is 18.7. The molecule has 34 heavy (non-hydrogen) atoms. The Labute approximate surface area is 195 Å². The predicted octanol–water partition coefficient (Wildman–Crippen LogP) is -6.47. The van der Waals surface area contributed by atoms with E-state index in [1.165, 1.54) is 6.92 Å². The van der Waals surface area contributed by atoms with Gasteiger partial charge in [-0.1, -0.05) is 0 Å². The van der Waals surface area contributed by atoms with Crippen LogP contribution < -0.4 is 22.5 Å². The maximum atomic E-state index is 11.8. The molecule has 0 aromatic heterocycles. The number of aliphatic hydroxyl groups excluding tert-OH is 6. The number of hydrogen-bond donors (Lipinski definition) is 10. The second-order valence-electron chi connectivity index (χ2n) is 8.94. The number of carbonyl (C=O) groups excluding carboxylic acids is 1. The van der Waals surface area contributed by atoms with Crippen LogP contribution in [0.2, 0.25) is 0 Å². The van der Waals surface area contributed by atoms with Crippen molar-refractivity contribution in [3.8, 4) is 0 Å². The molecule has 15 nitrogen and oxygen atoms in total. The van der Waals surface area contributed by atoms with Crippen molar-refractivity contribution in [3.63, 3.8) is 0 Å². The molecule has 0 bridgehead atoms. The average molecular weight is 497 g/mol. The molecule has 0 aromatic rings. The molecule has 13 N–H and O–H groups in total. The Bertz CT molecular complexity index is 691. The maximum Gasteiger partial charge on any atom is 0.217 e. The molecule has 2 heterocycles. The maximum absolute atomic E-state index is 11.8. The van der Waals surface area contributed by atoms with Crippen LogP contribution in [0.1, 0.15) is 13.3 Å². The van der Waals surface area contributed by atoms with Crippen LogP contribution in [0.4, 0.5) is 0 Å². The topological polar surface area (TPSA) is 265 Å². The number of carbonyl (C=O) groups is 1. The van der Waals surface area contributed by atoms with Gasteiger partial charge in [-0.2, -0.15) is 0 Å². The Kier molecular flexibility index (Phi) is 9.18. The van der Waals surface area contributed by atoms with Gasteiger partial charge in [-0.15, -0.1) is 0 Å². The van der Waals surface area contributed by atoms with E-state index in [0.717, 1.165) is 0 Å². The third kappa shape index (κ3) is 5.52. The number of aliphatic hydroxyl groups is 6. The highest BCUT2D eigenvalue weighted by Gasteiger charge is 2.52. The van der Waals surface area contributed by atoms with Gasteiger partial charge in [0.05, 0.1) is 24.8 Å². The van der Waals surface area contributed by atoms with E-state index in [1.54, 1.807) is 0 Å². The van der Waals surface area contributed by atoms with E-state index < -0.39 is 98.2 Å². The molecule has 1 aliphatic carbocycles. The summed E-state index contributed by atoms with van der Waals surface area (Å²) in [7, 11) is 0. The average Bonchev–Trinajstić information content (AvgIpc) is 3.06. The first-order chi connectivity index (χ1) is 16.0. The van der Waals surface area contributed by atoms with Gasteiger partial charge in [0, 0.05) is 19.5 Å². The Hall–Kier alpha value is -1.05. The molecule has 0 spiro atoms. The van der Waals surface area contributed by atoms with Crippen LogP contribution in [-0.2, 0) is 23.7 Å². The second-order valence-corrected chi connectivity index (χ2v) is 8.94. The summed E-state index contributed by atoms with van der Waals surface area (Å²) in [5, 5.41) is 63.5. The van der Waals surface area contributed by atoms with Crippen LogP contribution in [0.5, 0.6) is 0 Å². The fourth-order valence-electron chi connectivity index (χ4n) is 4.52. The Balaban J connectivity index is 1.87. The summed E-state index contributed by atoms with van der Waals surface area (Å²) in [6, 6.07) is -2.93. The van der Waals surface area contributed by atoms with Gasteiger partial charge in [0.15, 0.2) is 12.6 Å². The summed E-state index contributed by atoms with van der Waals surface area (Å²) in [6.45, 7) is 0.522. The highest BCUT2D eigenvalue weighted by atomic mass is 16.7. The van der Waals surface area contributed by atoms with Crippen molar-refractivity contribution in [1.82, 2.24) is 5.32 Å². The number of ether oxygens (including phenoxy) is 4. The highest BCUT2D eigenvalue weighted by Crippen LogP contribution is 2.32. The van der Waals surface area contributed by atoms with Gasteiger partial charge in [-0.05, 0) is 6.42 Å². The van der Waals surface area contributed by atoms with E-state index in [9.17, 15) is 35.4 Å². The van der Waals surface area contributed by atoms with Crippen molar-refractivity contribution in [2.45, 2.75) is 99.0 Å². The molecule has 198 valence electrons. The Morgan fingerprint density at radius 2 is 1.50 bits per heavy atom. The summed E-state index contributed by atoms with van der Waals surface area (Å²) in [6.07, 6.45) is -14.6.